The Hall–Kier alpha value is -3.69. The minimum atomic E-state index is -0.715. The number of pyridine rings is 1. The molecule has 0 unspecified atom stereocenters. The maximum absolute atomic E-state index is 12.5. The Morgan fingerprint density at radius 1 is 1.37 bits per heavy atom. The molecule has 0 radical (unpaired) electrons. The molecule has 2 amide bonds. The molecule has 3 aromatic heterocycles. The Balaban J connectivity index is 1.54. The van der Waals surface area contributed by atoms with Gasteiger partial charge >= 0.3 is 0 Å². The third kappa shape index (κ3) is 3.64. The number of nitrogens with zero attached hydrogens (tertiary/aromatic N) is 4. The fourth-order valence-corrected chi connectivity index (χ4v) is 2.63. The van der Waals surface area contributed by atoms with Crippen LogP contribution < -0.4 is 16.8 Å². The first-order valence-electron chi connectivity index (χ1n) is 8.35. The van der Waals surface area contributed by atoms with Crippen molar-refractivity contribution in [3.8, 4) is 11.5 Å². The van der Waals surface area contributed by atoms with Crippen LogP contribution in [0.5, 0.6) is 0 Å². The third-order valence-corrected chi connectivity index (χ3v) is 4.15. The predicted octanol–water partition coefficient (Wildman–Crippen LogP) is 1.28. The fraction of sp³-hybridized carbons (Fsp3) is 0.235. The Kier molecular flexibility index (Phi) is 4.07. The molecule has 5 N–H and O–H groups in total. The first-order valence-corrected chi connectivity index (χ1v) is 8.35. The second kappa shape index (κ2) is 6.56. The third-order valence-electron chi connectivity index (χ3n) is 4.15. The van der Waals surface area contributed by atoms with Crippen molar-refractivity contribution >= 4 is 23.3 Å². The number of hydrogen-bond donors (Lipinski definition) is 3. The lowest BCUT2D eigenvalue weighted by atomic mass is 10.2. The molecular weight excluding hydrogens is 350 g/mol. The number of nitrogens with two attached hydrogens (primary N) is 2. The molecule has 0 aliphatic heterocycles. The zero-order valence-corrected chi connectivity index (χ0v) is 14.3. The topological polar surface area (TPSA) is 155 Å². The molecule has 27 heavy (non-hydrogen) atoms. The molecule has 1 aliphatic carbocycles. The summed E-state index contributed by atoms with van der Waals surface area (Å²) in [7, 11) is 0. The van der Waals surface area contributed by atoms with Gasteiger partial charge in [0.25, 0.3) is 11.8 Å². The first-order chi connectivity index (χ1) is 13.0. The van der Waals surface area contributed by atoms with Crippen molar-refractivity contribution in [1.29, 1.82) is 0 Å². The van der Waals surface area contributed by atoms with Gasteiger partial charge in [-0.05, 0) is 30.9 Å². The monoisotopic (exact) mass is 367 g/mol. The zero-order chi connectivity index (χ0) is 19.0. The van der Waals surface area contributed by atoms with Crippen LogP contribution in [0.2, 0.25) is 0 Å². The molecular formula is C17H17N7O3. The van der Waals surface area contributed by atoms with E-state index in [0.717, 1.165) is 12.8 Å². The van der Waals surface area contributed by atoms with Crippen molar-refractivity contribution in [2.75, 3.05) is 11.1 Å². The number of rotatable bonds is 6. The minimum Gasteiger partial charge on any atom is -0.444 e. The molecule has 0 spiro atoms. The van der Waals surface area contributed by atoms with Crippen LogP contribution in [0.4, 0.5) is 11.5 Å². The van der Waals surface area contributed by atoms with Gasteiger partial charge in [-0.1, -0.05) is 0 Å². The second-order valence-corrected chi connectivity index (χ2v) is 6.38. The number of amides is 2. The van der Waals surface area contributed by atoms with Gasteiger partial charge in [-0.3, -0.25) is 14.3 Å². The lowest BCUT2D eigenvalue weighted by Crippen LogP contribution is -2.18. The number of carbonyl (C=O) groups is 2. The zero-order valence-electron chi connectivity index (χ0n) is 14.3. The van der Waals surface area contributed by atoms with Crippen molar-refractivity contribution in [2.45, 2.75) is 19.4 Å². The van der Waals surface area contributed by atoms with Crippen LogP contribution in [-0.2, 0) is 6.54 Å². The normalized spacial score (nSPS) is 13.5. The summed E-state index contributed by atoms with van der Waals surface area (Å²) in [5.74, 6) is -0.159. The maximum atomic E-state index is 12.5. The average molecular weight is 367 g/mol. The lowest BCUT2D eigenvalue weighted by Gasteiger charge is -2.00. The summed E-state index contributed by atoms with van der Waals surface area (Å²) in [6.45, 7) is 0.688. The molecule has 1 saturated carbocycles. The number of anilines is 2. The summed E-state index contributed by atoms with van der Waals surface area (Å²) in [5, 5.41) is 6.78. The molecule has 0 aromatic carbocycles. The molecule has 0 atom stereocenters. The van der Waals surface area contributed by atoms with Gasteiger partial charge in [0.05, 0.1) is 5.69 Å². The van der Waals surface area contributed by atoms with E-state index in [2.05, 4.69) is 20.4 Å². The highest BCUT2D eigenvalue weighted by atomic mass is 16.3. The van der Waals surface area contributed by atoms with Gasteiger partial charge in [0.1, 0.15) is 12.1 Å². The average Bonchev–Trinajstić information content (AvgIpc) is 3.15. The van der Waals surface area contributed by atoms with Gasteiger partial charge in [0.2, 0.25) is 5.89 Å². The first kappa shape index (κ1) is 16.8. The Labute approximate surface area is 153 Å². The quantitative estimate of drug-likeness (QED) is 0.592. The smallest absolute Gasteiger partial charge is 0.277 e. The number of primary amides is 1. The standard InChI is InChI=1S/C17H17N7O3/c18-13-5-10(3-4-20-13)17-22-12(8-27-17)16(26)21-11-7-24(6-9-1-2-9)23-14(11)15(19)25/h3-5,7-9H,1-2,6H2,(H2,18,20)(H2,19,25)(H,21,26). The number of nitrogen functional groups attached to an aromatic ring is 1. The van der Waals surface area contributed by atoms with Crippen molar-refractivity contribution in [3.05, 3.63) is 42.2 Å². The number of oxazole rings is 1. The summed E-state index contributed by atoms with van der Waals surface area (Å²) in [6, 6.07) is 3.25. The van der Waals surface area contributed by atoms with E-state index in [1.807, 2.05) is 0 Å². The van der Waals surface area contributed by atoms with E-state index in [-0.39, 0.29) is 23.0 Å². The largest absolute Gasteiger partial charge is 0.444 e. The van der Waals surface area contributed by atoms with E-state index < -0.39 is 11.8 Å². The molecule has 0 saturated heterocycles. The molecule has 10 nitrogen and oxygen atoms in total. The molecule has 1 fully saturated rings. The molecule has 138 valence electrons. The lowest BCUT2D eigenvalue weighted by molar-refractivity contribution is 0.0995. The highest BCUT2D eigenvalue weighted by Gasteiger charge is 2.25. The number of hydrogen-bond acceptors (Lipinski definition) is 7. The Morgan fingerprint density at radius 2 is 2.19 bits per heavy atom. The van der Waals surface area contributed by atoms with Crippen molar-refractivity contribution in [2.24, 2.45) is 11.7 Å². The van der Waals surface area contributed by atoms with Crippen molar-refractivity contribution in [1.82, 2.24) is 19.7 Å². The van der Waals surface area contributed by atoms with Crippen LogP contribution in [-0.4, -0.2) is 31.6 Å². The molecule has 1 aliphatic rings. The van der Waals surface area contributed by atoms with Gasteiger partial charge in [0, 0.05) is 24.5 Å². The highest BCUT2D eigenvalue weighted by Crippen LogP contribution is 2.31. The molecule has 0 bridgehead atoms. The Morgan fingerprint density at radius 3 is 2.89 bits per heavy atom. The van der Waals surface area contributed by atoms with Crippen LogP contribution >= 0.6 is 0 Å². The van der Waals surface area contributed by atoms with Crippen LogP contribution in [0.1, 0.15) is 33.8 Å². The number of aromatic nitrogens is 4. The van der Waals surface area contributed by atoms with Crippen LogP contribution in [0.25, 0.3) is 11.5 Å². The van der Waals surface area contributed by atoms with Gasteiger partial charge in [-0.25, -0.2) is 9.97 Å². The van der Waals surface area contributed by atoms with Crippen LogP contribution in [0.3, 0.4) is 0 Å². The SMILES string of the molecule is NC(=O)c1nn(CC2CC2)cc1NC(=O)c1coc(-c2ccnc(N)c2)n1. The van der Waals surface area contributed by atoms with Gasteiger partial charge in [-0.2, -0.15) is 5.10 Å². The van der Waals surface area contributed by atoms with Crippen molar-refractivity contribution in [3.63, 3.8) is 0 Å². The molecule has 3 aromatic rings. The summed E-state index contributed by atoms with van der Waals surface area (Å²) in [4.78, 5) is 32.1. The highest BCUT2D eigenvalue weighted by molar-refractivity contribution is 6.07. The second-order valence-electron chi connectivity index (χ2n) is 6.38. The summed E-state index contributed by atoms with van der Waals surface area (Å²) >= 11 is 0. The number of carbonyl (C=O) groups excluding carboxylic acids is 2. The summed E-state index contributed by atoms with van der Waals surface area (Å²) in [6.07, 6.45) is 6.60. The van der Waals surface area contributed by atoms with E-state index in [4.69, 9.17) is 15.9 Å². The van der Waals surface area contributed by atoms with E-state index in [9.17, 15) is 9.59 Å². The van der Waals surface area contributed by atoms with Gasteiger partial charge in [0.15, 0.2) is 11.4 Å². The van der Waals surface area contributed by atoms with Crippen LogP contribution in [0.15, 0.2) is 35.2 Å². The van der Waals surface area contributed by atoms with E-state index >= 15 is 0 Å². The molecule has 4 rings (SSSR count). The van der Waals surface area contributed by atoms with E-state index in [0.29, 0.717) is 23.8 Å². The molecule has 10 heteroatoms. The van der Waals surface area contributed by atoms with Crippen LogP contribution in [0, 0.1) is 5.92 Å². The van der Waals surface area contributed by atoms with Gasteiger partial charge < -0.3 is 21.2 Å². The van der Waals surface area contributed by atoms with Crippen molar-refractivity contribution < 1.29 is 14.0 Å². The minimum absolute atomic E-state index is 0.00891. The predicted molar refractivity (Wildman–Crippen MR) is 95.6 cm³/mol. The summed E-state index contributed by atoms with van der Waals surface area (Å²) < 4.78 is 6.97. The van der Waals surface area contributed by atoms with E-state index in [1.165, 1.54) is 12.5 Å². The maximum Gasteiger partial charge on any atom is 0.277 e. The summed E-state index contributed by atoms with van der Waals surface area (Å²) in [5.41, 5.74) is 11.9. The molecule has 3 heterocycles. The fourth-order valence-electron chi connectivity index (χ4n) is 2.63. The van der Waals surface area contributed by atoms with Gasteiger partial charge in [-0.15, -0.1) is 0 Å². The number of nitrogens with one attached hydrogen (secondary N) is 1. The Bertz CT molecular complexity index is 1020. The van der Waals surface area contributed by atoms with E-state index in [1.54, 1.807) is 23.0 Å².